The summed E-state index contributed by atoms with van der Waals surface area (Å²) < 4.78 is 0. The van der Waals surface area contributed by atoms with Gasteiger partial charge in [-0.05, 0) is 39.1 Å². The molecule has 1 fully saturated rings. The second-order valence-electron chi connectivity index (χ2n) is 4.90. The molecule has 1 unspecified atom stereocenters. The molecular weight excluding hydrogens is 244 g/mol. The fourth-order valence-electron chi connectivity index (χ4n) is 2.43. The minimum atomic E-state index is 0.358. The predicted molar refractivity (Wildman–Crippen MR) is 79.0 cm³/mol. The van der Waals surface area contributed by atoms with Crippen molar-refractivity contribution in [1.29, 1.82) is 0 Å². The molecule has 1 aromatic rings. The second-order valence-corrected chi connectivity index (χ2v) is 5.34. The third-order valence-electron chi connectivity index (χ3n) is 3.33. The van der Waals surface area contributed by atoms with Crippen molar-refractivity contribution in [2.45, 2.75) is 19.4 Å². The van der Waals surface area contributed by atoms with Gasteiger partial charge in [0.05, 0.1) is 5.69 Å². The molecule has 0 aliphatic carbocycles. The van der Waals surface area contributed by atoms with Crippen LogP contribution in [0, 0.1) is 0 Å². The first-order valence-electron chi connectivity index (χ1n) is 6.30. The number of thiocarbonyl (C=S) groups is 1. The first kappa shape index (κ1) is 13.2. The molecule has 0 radical (unpaired) electrons. The quantitative estimate of drug-likeness (QED) is 0.815. The van der Waals surface area contributed by atoms with Crippen LogP contribution in [0.1, 0.15) is 19.0 Å². The third kappa shape index (κ3) is 2.97. The molecule has 1 atom stereocenters. The molecule has 0 spiro atoms. The average molecular weight is 264 g/mol. The Balaban J connectivity index is 2.24. The van der Waals surface area contributed by atoms with Crippen molar-refractivity contribution in [1.82, 2.24) is 9.88 Å². The Labute approximate surface area is 114 Å². The average Bonchev–Trinajstić information content (AvgIpc) is 2.50. The van der Waals surface area contributed by atoms with Crippen molar-refractivity contribution in [3.63, 3.8) is 0 Å². The van der Waals surface area contributed by atoms with Crippen LogP contribution in [0.2, 0.25) is 0 Å². The van der Waals surface area contributed by atoms with E-state index >= 15 is 0 Å². The van der Waals surface area contributed by atoms with E-state index < -0.39 is 0 Å². The van der Waals surface area contributed by atoms with Gasteiger partial charge in [0.25, 0.3) is 0 Å². The summed E-state index contributed by atoms with van der Waals surface area (Å²) in [6, 6.07) is 6.31. The molecule has 1 saturated heterocycles. The highest BCUT2D eigenvalue weighted by Gasteiger charge is 2.20. The molecule has 0 bridgehead atoms. The zero-order valence-electron chi connectivity index (χ0n) is 11.0. The largest absolute Gasteiger partial charge is 0.388 e. The fraction of sp³-hybridized carbons (Fsp3) is 0.538. The van der Waals surface area contributed by atoms with Gasteiger partial charge in [0.15, 0.2) is 0 Å². The number of likely N-dealkylation sites (N-methyl/N-ethyl adjacent to an activating group) is 1. The van der Waals surface area contributed by atoms with Crippen LogP contribution in [0.4, 0.5) is 5.82 Å². The van der Waals surface area contributed by atoms with Crippen LogP contribution in [-0.4, -0.2) is 47.6 Å². The monoisotopic (exact) mass is 264 g/mol. The Bertz CT molecular complexity index is 435. The van der Waals surface area contributed by atoms with Crippen molar-refractivity contribution < 1.29 is 0 Å². The van der Waals surface area contributed by atoms with Gasteiger partial charge < -0.3 is 15.5 Å². The van der Waals surface area contributed by atoms with Crippen LogP contribution in [0.5, 0.6) is 0 Å². The highest BCUT2D eigenvalue weighted by atomic mass is 32.1. The summed E-state index contributed by atoms with van der Waals surface area (Å²) in [6.45, 7) is 5.45. The van der Waals surface area contributed by atoms with E-state index in [1.807, 2.05) is 18.2 Å². The van der Waals surface area contributed by atoms with Crippen LogP contribution < -0.4 is 10.6 Å². The van der Waals surface area contributed by atoms with Gasteiger partial charge in [-0.2, -0.15) is 0 Å². The van der Waals surface area contributed by atoms with Crippen molar-refractivity contribution in [2.24, 2.45) is 5.73 Å². The maximum Gasteiger partial charge on any atom is 0.129 e. The number of pyridine rings is 1. The van der Waals surface area contributed by atoms with Gasteiger partial charge in [-0.25, -0.2) is 4.98 Å². The van der Waals surface area contributed by atoms with Crippen LogP contribution in [-0.2, 0) is 0 Å². The molecule has 1 aromatic heterocycles. The molecule has 2 heterocycles. The number of rotatable bonds is 2. The van der Waals surface area contributed by atoms with Gasteiger partial charge in [-0.3, -0.25) is 0 Å². The van der Waals surface area contributed by atoms with Gasteiger partial charge in [0.1, 0.15) is 10.8 Å². The van der Waals surface area contributed by atoms with Crippen LogP contribution in [0.25, 0.3) is 0 Å². The van der Waals surface area contributed by atoms with Crippen LogP contribution in [0.15, 0.2) is 18.2 Å². The second kappa shape index (κ2) is 5.63. The number of hydrogen-bond donors (Lipinski definition) is 1. The summed E-state index contributed by atoms with van der Waals surface area (Å²) in [6.07, 6.45) is 1.15. The summed E-state index contributed by atoms with van der Waals surface area (Å²) in [7, 11) is 2.17. The molecule has 1 aliphatic heterocycles. The molecule has 5 heteroatoms. The summed E-state index contributed by atoms with van der Waals surface area (Å²) in [5.74, 6) is 0.975. The molecular formula is C13H20N4S. The molecule has 1 aliphatic rings. The molecule has 2 rings (SSSR count). The number of nitrogens with two attached hydrogens (primary N) is 1. The standard InChI is InChI=1S/C13H20N4S/c1-10-9-16(2)7-4-8-17(10)12-6-3-5-11(15-12)13(14)18/h3,5-6,10H,4,7-9H2,1-2H3,(H2,14,18). The molecule has 18 heavy (non-hydrogen) atoms. The number of hydrogen-bond acceptors (Lipinski definition) is 4. The SMILES string of the molecule is CC1CN(C)CCCN1c1cccc(C(N)=S)n1. The van der Waals surface area contributed by atoms with Crippen LogP contribution >= 0.6 is 12.2 Å². The van der Waals surface area contributed by atoms with Gasteiger partial charge in [-0.15, -0.1) is 0 Å². The summed E-state index contributed by atoms with van der Waals surface area (Å²) in [5.41, 5.74) is 6.34. The lowest BCUT2D eigenvalue weighted by Crippen LogP contribution is -2.38. The third-order valence-corrected chi connectivity index (χ3v) is 3.54. The van der Waals surface area contributed by atoms with Gasteiger partial charge in [0.2, 0.25) is 0 Å². The maximum absolute atomic E-state index is 5.64. The molecule has 0 amide bonds. The highest BCUT2D eigenvalue weighted by molar-refractivity contribution is 7.80. The van der Waals surface area contributed by atoms with Crippen molar-refractivity contribution in [3.05, 3.63) is 23.9 Å². The topological polar surface area (TPSA) is 45.4 Å². The van der Waals surface area contributed by atoms with E-state index in [1.54, 1.807) is 0 Å². The van der Waals surface area contributed by atoms with E-state index in [9.17, 15) is 0 Å². The lowest BCUT2D eigenvalue weighted by molar-refractivity contribution is 0.337. The summed E-state index contributed by atoms with van der Waals surface area (Å²) >= 11 is 4.99. The highest BCUT2D eigenvalue weighted by Crippen LogP contribution is 2.18. The van der Waals surface area contributed by atoms with Gasteiger partial charge in [-0.1, -0.05) is 18.3 Å². The lowest BCUT2D eigenvalue weighted by Gasteiger charge is -2.29. The first-order valence-corrected chi connectivity index (χ1v) is 6.71. The van der Waals surface area contributed by atoms with E-state index in [1.165, 1.54) is 0 Å². The van der Waals surface area contributed by atoms with Gasteiger partial charge >= 0.3 is 0 Å². The van der Waals surface area contributed by atoms with E-state index in [2.05, 4.69) is 28.8 Å². The number of nitrogens with zero attached hydrogens (tertiary/aromatic N) is 3. The smallest absolute Gasteiger partial charge is 0.129 e. The van der Waals surface area contributed by atoms with E-state index in [0.717, 1.165) is 31.9 Å². The Morgan fingerprint density at radius 1 is 1.44 bits per heavy atom. The van der Waals surface area contributed by atoms with Gasteiger partial charge in [0, 0.05) is 19.1 Å². The summed E-state index contributed by atoms with van der Waals surface area (Å²) in [4.78, 5) is 9.61. The maximum atomic E-state index is 5.64. The van der Waals surface area contributed by atoms with E-state index in [4.69, 9.17) is 18.0 Å². The molecule has 0 saturated carbocycles. The Morgan fingerprint density at radius 2 is 2.22 bits per heavy atom. The van der Waals surface area contributed by atoms with Crippen molar-refractivity contribution in [3.8, 4) is 0 Å². The van der Waals surface area contributed by atoms with Crippen molar-refractivity contribution >= 4 is 23.0 Å². The van der Waals surface area contributed by atoms with Crippen molar-refractivity contribution in [2.75, 3.05) is 31.6 Å². The summed E-state index contributed by atoms with van der Waals surface area (Å²) in [5, 5.41) is 0. The first-order chi connectivity index (χ1) is 8.58. The Kier molecular flexibility index (Phi) is 4.14. The lowest BCUT2D eigenvalue weighted by atomic mass is 10.2. The molecule has 4 nitrogen and oxygen atoms in total. The fourth-order valence-corrected chi connectivity index (χ4v) is 2.55. The minimum Gasteiger partial charge on any atom is -0.388 e. The van der Waals surface area contributed by atoms with E-state index in [-0.39, 0.29) is 0 Å². The Hall–Kier alpha value is -1.20. The molecule has 98 valence electrons. The number of anilines is 1. The van der Waals surface area contributed by atoms with Crippen LogP contribution in [0.3, 0.4) is 0 Å². The molecule has 0 aromatic carbocycles. The normalized spacial score (nSPS) is 21.7. The zero-order chi connectivity index (χ0) is 13.1. The van der Waals surface area contributed by atoms with E-state index in [0.29, 0.717) is 16.7 Å². The number of aromatic nitrogens is 1. The molecule has 2 N–H and O–H groups in total. The Morgan fingerprint density at radius 3 is 2.94 bits per heavy atom. The predicted octanol–water partition coefficient (Wildman–Crippen LogP) is 1.25. The zero-order valence-corrected chi connectivity index (χ0v) is 11.8. The minimum absolute atomic E-state index is 0.358.